The molecule has 0 radical (unpaired) electrons. The summed E-state index contributed by atoms with van der Waals surface area (Å²) in [7, 11) is 0. The van der Waals surface area contributed by atoms with Crippen LogP contribution in [0.1, 0.15) is 27.1 Å². The molecule has 0 aliphatic carbocycles. The molecule has 2 aromatic heterocycles. The summed E-state index contributed by atoms with van der Waals surface area (Å²) in [6.45, 7) is 0.451. The Bertz CT molecular complexity index is 667. The number of pyridine rings is 1. The van der Waals surface area contributed by atoms with Gasteiger partial charge in [-0.1, -0.05) is 0 Å². The van der Waals surface area contributed by atoms with E-state index >= 15 is 0 Å². The van der Waals surface area contributed by atoms with Gasteiger partial charge in [0.15, 0.2) is 5.65 Å². The molecule has 7 heteroatoms. The maximum absolute atomic E-state index is 12.3. The Labute approximate surface area is 113 Å². The molecule has 2 amide bonds. The van der Waals surface area contributed by atoms with Crippen molar-refractivity contribution in [2.75, 3.05) is 18.6 Å². The fraction of sp³-hybridized carbons (Fsp3) is 0.333. The Morgan fingerprint density at radius 3 is 2.95 bits per heavy atom. The summed E-state index contributed by atoms with van der Waals surface area (Å²) >= 11 is 1.70. The van der Waals surface area contributed by atoms with Crippen molar-refractivity contribution < 1.29 is 9.59 Å². The van der Waals surface area contributed by atoms with Gasteiger partial charge in [0.05, 0.1) is 22.7 Å². The molecule has 0 unspecified atom stereocenters. The van der Waals surface area contributed by atoms with Gasteiger partial charge in [0.1, 0.15) is 0 Å². The fourth-order valence-corrected chi connectivity index (χ4v) is 2.65. The van der Waals surface area contributed by atoms with Crippen LogP contribution < -0.4 is 0 Å². The highest BCUT2D eigenvalue weighted by molar-refractivity contribution is 7.98. The van der Waals surface area contributed by atoms with E-state index in [1.165, 1.54) is 17.3 Å². The van der Waals surface area contributed by atoms with Gasteiger partial charge >= 0.3 is 0 Å². The molecule has 1 aliphatic heterocycles. The van der Waals surface area contributed by atoms with Gasteiger partial charge in [-0.3, -0.25) is 19.6 Å². The first-order chi connectivity index (χ1) is 9.24. The molecule has 2 aromatic rings. The van der Waals surface area contributed by atoms with Crippen molar-refractivity contribution in [3.8, 4) is 0 Å². The van der Waals surface area contributed by atoms with Gasteiger partial charge in [0, 0.05) is 12.7 Å². The molecule has 3 heterocycles. The number of imide groups is 1. The number of rotatable bonds is 4. The largest absolute Gasteiger partial charge is 0.274 e. The van der Waals surface area contributed by atoms with E-state index in [2.05, 4.69) is 15.2 Å². The zero-order chi connectivity index (χ0) is 13.4. The summed E-state index contributed by atoms with van der Waals surface area (Å²) in [6, 6.07) is 0. The van der Waals surface area contributed by atoms with Crippen molar-refractivity contribution in [2.45, 2.75) is 6.42 Å². The molecule has 19 heavy (non-hydrogen) atoms. The van der Waals surface area contributed by atoms with Crippen molar-refractivity contribution >= 4 is 34.6 Å². The number of H-pyrrole nitrogens is 1. The third kappa shape index (κ3) is 1.81. The van der Waals surface area contributed by atoms with Crippen molar-refractivity contribution in [3.05, 3.63) is 23.5 Å². The Kier molecular flexibility index (Phi) is 2.98. The van der Waals surface area contributed by atoms with Gasteiger partial charge in [-0.25, -0.2) is 4.98 Å². The molecule has 0 saturated carbocycles. The van der Waals surface area contributed by atoms with Crippen LogP contribution in [0.4, 0.5) is 0 Å². The van der Waals surface area contributed by atoms with Gasteiger partial charge in [-0.15, -0.1) is 0 Å². The Morgan fingerprint density at radius 1 is 1.32 bits per heavy atom. The van der Waals surface area contributed by atoms with Crippen LogP contribution in [0.2, 0.25) is 0 Å². The van der Waals surface area contributed by atoms with Crippen LogP contribution in [0, 0.1) is 0 Å². The maximum atomic E-state index is 12.3. The van der Waals surface area contributed by atoms with E-state index in [0.717, 1.165) is 12.2 Å². The standard InChI is InChI=1S/C12H12N4O2S/c1-19-4-2-3-16-11(17)8-5-13-10-7(6-14-15-10)9(8)12(16)18/h5-6H,2-4H2,1H3,(H,13,14,15). The summed E-state index contributed by atoms with van der Waals surface area (Å²) in [6.07, 6.45) is 5.79. The van der Waals surface area contributed by atoms with Crippen LogP contribution in [0.15, 0.2) is 12.4 Å². The number of hydrogen-bond donors (Lipinski definition) is 1. The molecule has 6 nitrogen and oxygen atoms in total. The van der Waals surface area contributed by atoms with Gasteiger partial charge in [0.2, 0.25) is 0 Å². The number of carbonyl (C=O) groups excluding carboxylic acids is 2. The second-order valence-corrected chi connectivity index (χ2v) is 5.27. The van der Waals surface area contributed by atoms with Crippen molar-refractivity contribution in [1.29, 1.82) is 0 Å². The number of hydrogen-bond acceptors (Lipinski definition) is 5. The summed E-state index contributed by atoms with van der Waals surface area (Å²) in [5, 5.41) is 7.19. The molecule has 0 fully saturated rings. The van der Waals surface area contributed by atoms with Crippen LogP contribution in [0.5, 0.6) is 0 Å². The van der Waals surface area contributed by atoms with Crippen molar-refractivity contribution in [3.63, 3.8) is 0 Å². The average molecular weight is 276 g/mol. The number of amides is 2. The molecule has 98 valence electrons. The van der Waals surface area contributed by atoms with Crippen LogP contribution in [-0.4, -0.2) is 50.4 Å². The minimum atomic E-state index is -0.253. The van der Waals surface area contributed by atoms with Crippen molar-refractivity contribution in [2.24, 2.45) is 0 Å². The topological polar surface area (TPSA) is 79.0 Å². The highest BCUT2D eigenvalue weighted by Crippen LogP contribution is 2.28. The lowest BCUT2D eigenvalue weighted by Crippen LogP contribution is -2.31. The van der Waals surface area contributed by atoms with Crippen LogP contribution in [-0.2, 0) is 0 Å². The predicted molar refractivity (Wildman–Crippen MR) is 72.3 cm³/mol. The first kappa shape index (κ1) is 12.2. The molecule has 0 bridgehead atoms. The van der Waals surface area contributed by atoms with Crippen LogP contribution in [0.3, 0.4) is 0 Å². The summed E-state index contributed by atoms with van der Waals surface area (Å²) in [5.74, 6) is 0.430. The van der Waals surface area contributed by atoms with Gasteiger partial charge in [-0.2, -0.15) is 16.9 Å². The SMILES string of the molecule is CSCCCN1C(=O)c2cnc3[nH]ncc3c2C1=O. The van der Waals surface area contributed by atoms with E-state index in [9.17, 15) is 9.59 Å². The van der Waals surface area contributed by atoms with E-state index in [1.54, 1.807) is 11.8 Å². The minimum Gasteiger partial charge on any atom is -0.274 e. The zero-order valence-electron chi connectivity index (χ0n) is 10.3. The summed E-state index contributed by atoms with van der Waals surface area (Å²) < 4.78 is 0. The molecule has 0 aromatic carbocycles. The Hall–Kier alpha value is -1.89. The maximum Gasteiger partial charge on any atom is 0.263 e. The number of nitrogens with one attached hydrogen (secondary N) is 1. The second-order valence-electron chi connectivity index (χ2n) is 4.29. The molecule has 0 saturated heterocycles. The Balaban J connectivity index is 1.99. The van der Waals surface area contributed by atoms with Gasteiger partial charge < -0.3 is 0 Å². The molecular weight excluding hydrogens is 264 g/mol. The highest BCUT2D eigenvalue weighted by Gasteiger charge is 2.37. The molecule has 1 aliphatic rings. The number of aromatic amines is 1. The highest BCUT2D eigenvalue weighted by atomic mass is 32.2. The molecular formula is C12H12N4O2S. The minimum absolute atomic E-state index is 0.241. The third-order valence-corrected chi connectivity index (χ3v) is 3.84. The summed E-state index contributed by atoms with van der Waals surface area (Å²) in [4.78, 5) is 29.9. The number of aromatic nitrogens is 3. The third-order valence-electron chi connectivity index (χ3n) is 3.15. The molecule has 3 rings (SSSR count). The lowest BCUT2D eigenvalue weighted by molar-refractivity contribution is 0.0655. The van der Waals surface area contributed by atoms with E-state index < -0.39 is 0 Å². The number of carbonyl (C=O) groups is 2. The van der Waals surface area contributed by atoms with Crippen molar-refractivity contribution in [1.82, 2.24) is 20.1 Å². The second kappa shape index (κ2) is 4.65. The first-order valence-electron chi connectivity index (χ1n) is 5.91. The van der Waals surface area contributed by atoms with E-state index in [1.807, 2.05) is 6.26 Å². The first-order valence-corrected chi connectivity index (χ1v) is 7.30. The predicted octanol–water partition coefficient (Wildman–Crippen LogP) is 1.31. The van der Waals surface area contributed by atoms with E-state index in [4.69, 9.17) is 0 Å². The fourth-order valence-electron chi connectivity index (χ4n) is 2.23. The smallest absolute Gasteiger partial charge is 0.263 e. The average Bonchev–Trinajstić information content (AvgIpc) is 2.97. The number of thioether (sulfide) groups is 1. The van der Waals surface area contributed by atoms with Crippen LogP contribution in [0.25, 0.3) is 11.0 Å². The normalized spacial score (nSPS) is 14.5. The molecule has 0 atom stereocenters. The molecule has 0 spiro atoms. The summed E-state index contributed by atoms with van der Waals surface area (Å²) in [5.41, 5.74) is 1.34. The Morgan fingerprint density at radius 2 is 2.16 bits per heavy atom. The quantitative estimate of drug-likeness (QED) is 0.672. The monoisotopic (exact) mass is 276 g/mol. The van der Waals surface area contributed by atoms with Gasteiger partial charge in [0.25, 0.3) is 11.8 Å². The van der Waals surface area contributed by atoms with E-state index in [0.29, 0.717) is 28.7 Å². The van der Waals surface area contributed by atoms with Crippen LogP contribution >= 0.6 is 11.8 Å². The lowest BCUT2D eigenvalue weighted by atomic mass is 10.1. The number of fused-ring (bicyclic) bond motifs is 3. The number of nitrogens with zero attached hydrogens (tertiary/aromatic N) is 3. The molecule has 1 N–H and O–H groups in total. The lowest BCUT2D eigenvalue weighted by Gasteiger charge is -2.12. The van der Waals surface area contributed by atoms with Gasteiger partial charge in [-0.05, 0) is 18.4 Å². The van der Waals surface area contributed by atoms with E-state index in [-0.39, 0.29) is 11.8 Å². The zero-order valence-corrected chi connectivity index (χ0v) is 11.2.